The molecule has 0 radical (unpaired) electrons. The molecule has 0 amide bonds. The molecule has 0 aliphatic rings. The lowest BCUT2D eigenvalue weighted by atomic mass is 10.3. The Kier molecular flexibility index (Phi) is 5.05. The van der Waals surface area contributed by atoms with Crippen molar-refractivity contribution < 1.29 is 9.53 Å². The van der Waals surface area contributed by atoms with E-state index in [1.165, 1.54) is 7.11 Å². The summed E-state index contributed by atoms with van der Waals surface area (Å²) in [6.45, 7) is 3.39. The van der Waals surface area contributed by atoms with E-state index in [4.69, 9.17) is 11.6 Å². The fraction of sp³-hybridized carbons (Fsp3) is 0.455. The van der Waals surface area contributed by atoms with Gasteiger partial charge in [-0.3, -0.25) is 4.79 Å². The first kappa shape index (κ1) is 12.8. The summed E-state index contributed by atoms with van der Waals surface area (Å²) in [5.41, 5.74) is 0. The number of carbonyl (C=O) groups is 1. The molecule has 0 atom stereocenters. The van der Waals surface area contributed by atoms with Gasteiger partial charge in [0.15, 0.2) is 0 Å². The van der Waals surface area contributed by atoms with Crippen LogP contribution in [0.15, 0.2) is 18.3 Å². The largest absolute Gasteiger partial charge is 0.469 e. The standard InChI is InChI=1S/C11H15ClN2O2/c1-3-14(7-6-11(15)16-2)10-5-4-9(12)8-13-10/h4-5,8H,3,6-7H2,1-2H3. The highest BCUT2D eigenvalue weighted by molar-refractivity contribution is 6.30. The van der Waals surface area contributed by atoms with Crippen molar-refractivity contribution in [2.45, 2.75) is 13.3 Å². The fourth-order valence-corrected chi connectivity index (χ4v) is 1.43. The van der Waals surface area contributed by atoms with E-state index in [2.05, 4.69) is 9.72 Å². The molecule has 88 valence electrons. The minimum atomic E-state index is -0.215. The van der Waals surface area contributed by atoms with E-state index in [9.17, 15) is 4.79 Å². The SMILES string of the molecule is CCN(CCC(=O)OC)c1ccc(Cl)cn1. The van der Waals surface area contributed by atoms with E-state index in [0.717, 1.165) is 12.4 Å². The van der Waals surface area contributed by atoms with Gasteiger partial charge in [-0.25, -0.2) is 4.98 Å². The zero-order valence-corrected chi connectivity index (χ0v) is 10.2. The van der Waals surface area contributed by atoms with Crippen LogP contribution in [0.2, 0.25) is 5.02 Å². The number of anilines is 1. The molecule has 1 aromatic rings. The van der Waals surface area contributed by atoms with Crippen LogP contribution >= 0.6 is 11.6 Å². The van der Waals surface area contributed by atoms with E-state index >= 15 is 0 Å². The molecule has 0 fully saturated rings. The highest BCUT2D eigenvalue weighted by Gasteiger charge is 2.08. The van der Waals surface area contributed by atoms with Gasteiger partial charge >= 0.3 is 5.97 Å². The molecule has 1 heterocycles. The molecule has 4 nitrogen and oxygen atoms in total. The molecule has 1 aromatic heterocycles. The first-order valence-corrected chi connectivity index (χ1v) is 5.48. The molecule has 0 unspecified atom stereocenters. The number of halogens is 1. The third-order valence-corrected chi connectivity index (χ3v) is 2.45. The average Bonchev–Trinajstić information content (AvgIpc) is 2.31. The van der Waals surface area contributed by atoms with E-state index in [1.54, 1.807) is 12.3 Å². The summed E-state index contributed by atoms with van der Waals surface area (Å²) >= 11 is 5.75. The molecule has 0 aromatic carbocycles. The number of carbonyl (C=O) groups excluding carboxylic acids is 1. The lowest BCUT2D eigenvalue weighted by Gasteiger charge is -2.21. The summed E-state index contributed by atoms with van der Waals surface area (Å²) in [4.78, 5) is 17.2. The summed E-state index contributed by atoms with van der Waals surface area (Å²) in [6, 6.07) is 3.62. The van der Waals surface area contributed by atoms with Gasteiger partial charge in [0.25, 0.3) is 0 Å². The molecule has 0 saturated carbocycles. The molecule has 0 bridgehead atoms. The van der Waals surface area contributed by atoms with Gasteiger partial charge in [0.2, 0.25) is 0 Å². The van der Waals surface area contributed by atoms with Gasteiger partial charge in [-0.1, -0.05) is 11.6 Å². The smallest absolute Gasteiger partial charge is 0.307 e. The zero-order chi connectivity index (χ0) is 12.0. The van der Waals surface area contributed by atoms with Crippen LogP contribution in [0.5, 0.6) is 0 Å². The van der Waals surface area contributed by atoms with Crippen LogP contribution in [0.1, 0.15) is 13.3 Å². The minimum Gasteiger partial charge on any atom is -0.469 e. The van der Waals surface area contributed by atoms with Crippen molar-refractivity contribution in [1.29, 1.82) is 0 Å². The van der Waals surface area contributed by atoms with E-state index in [1.807, 2.05) is 17.9 Å². The number of ether oxygens (including phenoxy) is 1. The second-order valence-corrected chi connectivity index (χ2v) is 3.68. The first-order chi connectivity index (χ1) is 7.67. The second kappa shape index (κ2) is 6.33. The van der Waals surface area contributed by atoms with E-state index < -0.39 is 0 Å². The van der Waals surface area contributed by atoms with Crippen molar-refractivity contribution in [2.75, 3.05) is 25.1 Å². The highest BCUT2D eigenvalue weighted by Crippen LogP contribution is 2.14. The summed E-state index contributed by atoms with van der Waals surface area (Å²) in [6.07, 6.45) is 1.95. The maximum absolute atomic E-state index is 11.0. The molecule has 0 saturated heterocycles. The number of esters is 1. The van der Waals surface area contributed by atoms with Crippen molar-refractivity contribution in [3.8, 4) is 0 Å². The number of nitrogens with zero attached hydrogens (tertiary/aromatic N) is 2. The predicted molar refractivity (Wildman–Crippen MR) is 63.8 cm³/mol. The molecule has 16 heavy (non-hydrogen) atoms. The first-order valence-electron chi connectivity index (χ1n) is 5.10. The Morgan fingerprint density at radius 3 is 2.81 bits per heavy atom. The van der Waals surface area contributed by atoms with Gasteiger partial charge in [0.1, 0.15) is 5.82 Å². The van der Waals surface area contributed by atoms with Gasteiger partial charge in [-0.15, -0.1) is 0 Å². The molecular formula is C11H15ClN2O2. The highest BCUT2D eigenvalue weighted by atomic mass is 35.5. The molecule has 0 spiro atoms. The molecule has 5 heteroatoms. The lowest BCUT2D eigenvalue weighted by Crippen LogP contribution is -2.26. The average molecular weight is 243 g/mol. The van der Waals surface area contributed by atoms with Crippen LogP contribution in [0.3, 0.4) is 0 Å². The molecule has 0 aliphatic heterocycles. The van der Waals surface area contributed by atoms with Crippen LogP contribution in [0.25, 0.3) is 0 Å². The topological polar surface area (TPSA) is 42.4 Å². The van der Waals surface area contributed by atoms with E-state index in [-0.39, 0.29) is 5.97 Å². The Morgan fingerprint density at radius 2 is 2.31 bits per heavy atom. The number of hydrogen-bond donors (Lipinski definition) is 0. The molecule has 0 N–H and O–H groups in total. The van der Waals surface area contributed by atoms with Crippen LogP contribution in [0.4, 0.5) is 5.82 Å². The number of aromatic nitrogens is 1. The predicted octanol–water partition coefficient (Wildman–Crippen LogP) is 2.12. The summed E-state index contributed by atoms with van der Waals surface area (Å²) < 4.78 is 4.59. The number of methoxy groups -OCH3 is 1. The van der Waals surface area contributed by atoms with Crippen molar-refractivity contribution in [2.24, 2.45) is 0 Å². The van der Waals surface area contributed by atoms with Crippen LogP contribution < -0.4 is 4.90 Å². The van der Waals surface area contributed by atoms with Gasteiger partial charge in [-0.05, 0) is 19.1 Å². The van der Waals surface area contributed by atoms with Crippen LogP contribution in [-0.2, 0) is 9.53 Å². The Balaban J connectivity index is 2.60. The van der Waals surface area contributed by atoms with E-state index in [0.29, 0.717) is 18.0 Å². The third kappa shape index (κ3) is 3.70. The maximum Gasteiger partial charge on any atom is 0.307 e. The van der Waals surface area contributed by atoms with Crippen LogP contribution in [0, 0.1) is 0 Å². The summed E-state index contributed by atoms with van der Waals surface area (Å²) in [5, 5.41) is 0.604. The Bertz CT molecular complexity index is 340. The number of rotatable bonds is 5. The van der Waals surface area contributed by atoms with Crippen molar-refractivity contribution in [1.82, 2.24) is 4.98 Å². The number of hydrogen-bond acceptors (Lipinski definition) is 4. The second-order valence-electron chi connectivity index (χ2n) is 3.24. The minimum absolute atomic E-state index is 0.215. The van der Waals surface area contributed by atoms with Gasteiger partial charge in [0.05, 0.1) is 18.6 Å². The van der Waals surface area contributed by atoms with Gasteiger partial charge in [-0.2, -0.15) is 0 Å². The van der Waals surface area contributed by atoms with Crippen LogP contribution in [-0.4, -0.2) is 31.2 Å². The molecule has 1 rings (SSSR count). The van der Waals surface area contributed by atoms with Crippen molar-refractivity contribution in [3.05, 3.63) is 23.4 Å². The van der Waals surface area contributed by atoms with Gasteiger partial charge in [0, 0.05) is 19.3 Å². The fourth-order valence-electron chi connectivity index (χ4n) is 1.32. The monoisotopic (exact) mass is 242 g/mol. The van der Waals surface area contributed by atoms with Crippen molar-refractivity contribution >= 4 is 23.4 Å². The Hall–Kier alpha value is -1.29. The molecule has 0 aliphatic carbocycles. The zero-order valence-electron chi connectivity index (χ0n) is 9.44. The normalized spacial score (nSPS) is 9.94. The quantitative estimate of drug-likeness (QED) is 0.742. The number of pyridine rings is 1. The Morgan fingerprint density at radius 1 is 1.56 bits per heavy atom. The van der Waals surface area contributed by atoms with Gasteiger partial charge < -0.3 is 9.64 Å². The third-order valence-electron chi connectivity index (χ3n) is 2.23. The summed E-state index contributed by atoms with van der Waals surface area (Å²) in [5.74, 6) is 0.600. The summed E-state index contributed by atoms with van der Waals surface area (Å²) in [7, 11) is 1.39. The maximum atomic E-state index is 11.0. The molecular weight excluding hydrogens is 228 g/mol. The Labute approximate surface area is 100 Å². The van der Waals surface area contributed by atoms with Crippen molar-refractivity contribution in [3.63, 3.8) is 0 Å². The lowest BCUT2D eigenvalue weighted by molar-refractivity contribution is -0.140.